The third-order valence-corrected chi connectivity index (χ3v) is 6.78. The standard InChI is InChI=1S/C8H16N2O4S2/c11-15(12)3-1-8(2-4-15)16(13,14)10-7-5-9-6-7/h7-10H,1-6H2. The number of hydrogen-bond donors (Lipinski definition) is 2. The van der Waals surface area contributed by atoms with Gasteiger partial charge < -0.3 is 5.32 Å². The quantitative estimate of drug-likeness (QED) is 0.647. The first-order chi connectivity index (χ1) is 7.39. The zero-order valence-corrected chi connectivity index (χ0v) is 10.5. The first-order valence-electron chi connectivity index (χ1n) is 5.31. The minimum absolute atomic E-state index is 0.0124. The molecule has 6 nitrogen and oxygen atoms in total. The first-order valence-corrected chi connectivity index (χ1v) is 8.68. The highest BCUT2D eigenvalue weighted by Crippen LogP contribution is 2.19. The van der Waals surface area contributed by atoms with E-state index in [1.165, 1.54) is 0 Å². The number of nitrogens with one attached hydrogen (secondary N) is 2. The molecule has 94 valence electrons. The van der Waals surface area contributed by atoms with Gasteiger partial charge in [0.05, 0.1) is 16.8 Å². The van der Waals surface area contributed by atoms with Crippen LogP contribution in [0.25, 0.3) is 0 Å². The second-order valence-electron chi connectivity index (χ2n) is 4.37. The van der Waals surface area contributed by atoms with E-state index in [4.69, 9.17) is 0 Å². The van der Waals surface area contributed by atoms with Gasteiger partial charge in [-0.25, -0.2) is 21.6 Å². The number of hydrogen-bond acceptors (Lipinski definition) is 5. The number of sulfone groups is 1. The summed E-state index contributed by atoms with van der Waals surface area (Å²) in [5.41, 5.74) is 0. The number of rotatable bonds is 3. The molecule has 0 bridgehead atoms. The summed E-state index contributed by atoms with van der Waals surface area (Å²) < 4.78 is 48.7. The van der Waals surface area contributed by atoms with Crippen molar-refractivity contribution in [2.75, 3.05) is 24.6 Å². The average molecular weight is 268 g/mol. The molecule has 2 saturated heterocycles. The summed E-state index contributed by atoms with van der Waals surface area (Å²) in [6.45, 7) is 1.31. The van der Waals surface area contributed by atoms with Gasteiger partial charge in [-0.15, -0.1) is 0 Å². The largest absolute Gasteiger partial charge is 0.313 e. The van der Waals surface area contributed by atoms with Gasteiger partial charge in [0.1, 0.15) is 9.84 Å². The highest BCUT2D eigenvalue weighted by atomic mass is 32.2. The molecule has 0 atom stereocenters. The van der Waals surface area contributed by atoms with Gasteiger partial charge in [-0.05, 0) is 12.8 Å². The van der Waals surface area contributed by atoms with Crippen LogP contribution in [0.4, 0.5) is 0 Å². The fourth-order valence-corrected chi connectivity index (χ4v) is 5.35. The minimum Gasteiger partial charge on any atom is -0.313 e. The van der Waals surface area contributed by atoms with E-state index in [2.05, 4.69) is 10.0 Å². The maximum Gasteiger partial charge on any atom is 0.214 e. The summed E-state index contributed by atoms with van der Waals surface area (Å²) in [5, 5.41) is 2.43. The first kappa shape index (κ1) is 12.3. The molecule has 0 spiro atoms. The maximum atomic E-state index is 11.9. The molecule has 0 saturated carbocycles. The van der Waals surface area contributed by atoms with E-state index in [1.807, 2.05) is 0 Å². The second-order valence-corrected chi connectivity index (χ2v) is 8.67. The molecule has 2 aliphatic heterocycles. The lowest BCUT2D eigenvalue weighted by atomic mass is 10.2. The molecule has 0 aromatic carbocycles. The van der Waals surface area contributed by atoms with Crippen LogP contribution in [0.15, 0.2) is 0 Å². The Morgan fingerprint density at radius 1 is 1.12 bits per heavy atom. The van der Waals surface area contributed by atoms with Crippen LogP contribution in [0.3, 0.4) is 0 Å². The highest BCUT2D eigenvalue weighted by molar-refractivity contribution is 7.92. The molecule has 0 radical (unpaired) electrons. The van der Waals surface area contributed by atoms with Crippen LogP contribution in [0.5, 0.6) is 0 Å². The predicted octanol–water partition coefficient (Wildman–Crippen LogP) is -1.55. The van der Waals surface area contributed by atoms with E-state index in [1.54, 1.807) is 0 Å². The van der Waals surface area contributed by atoms with Crippen molar-refractivity contribution in [3.05, 3.63) is 0 Å². The van der Waals surface area contributed by atoms with Crippen molar-refractivity contribution in [1.29, 1.82) is 0 Å². The lowest BCUT2D eigenvalue weighted by Crippen LogP contribution is -2.58. The molecule has 0 unspecified atom stereocenters. The van der Waals surface area contributed by atoms with Crippen molar-refractivity contribution in [2.24, 2.45) is 0 Å². The van der Waals surface area contributed by atoms with Gasteiger partial charge in [0.2, 0.25) is 10.0 Å². The fourth-order valence-electron chi connectivity index (χ4n) is 1.88. The SMILES string of the molecule is O=S1(=O)CCC(S(=O)(=O)NC2CNC2)CC1. The Bertz CT molecular complexity index is 438. The van der Waals surface area contributed by atoms with Gasteiger partial charge in [-0.2, -0.15) is 0 Å². The van der Waals surface area contributed by atoms with E-state index < -0.39 is 25.1 Å². The van der Waals surface area contributed by atoms with Crippen LogP contribution in [-0.4, -0.2) is 52.7 Å². The van der Waals surface area contributed by atoms with Gasteiger partial charge in [-0.1, -0.05) is 0 Å². The van der Waals surface area contributed by atoms with E-state index in [0.717, 1.165) is 0 Å². The van der Waals surface area contributed by atoms with Gasteiger partial charge in [0, 0.05) is 19.1 Å². The Balaban J connectivity index is 1.96. The van der Waals surface area contributed by atoms with Gasteiger partial charge in [0.25, 0.3) is 0 Å². The molecular weight excluding hydrogens is 252 g/mol. The molecule has 2 fully saturated rings. The van der Waals surface area contributed by atoms with E-state index in [-0.39, 0.29) is 30.4 Å². The predicted molar refractivity (Wildman–Crippen MR) is 60.4 cm³/mol. The van der Waals surface area contributed by atoms with Crippen LogP contribution in [0.2, 0.25) is 0 Å². The Hall–Kier alpha value is -0.180. The van der Waals surface area contributed by atoms with E-state index in [0.29, 0.717) is 13.1 Å². The van der Waals surface area contributed by atoms with Gasteiger partial charge in [-0.3, -0.25) is 0 Å². The number of sulfonamides is 1. The molecule has 2 aliphatic rings. The van der Waals surface area contributed by atoms with Crippen LogP contribution in [0, 0.1) is 0 Å². The fraction of sp³-hybridized carbons (Fsp3) is 1.00. The van der Waals surface area contributed by atoms with E-state index in [9.17, 15) is 16.8 Å². The molecular formula is C8H16N2O4S2. The van der Waals surface area contributed by atoms with Crippen LogP contribution < -0.4 is 10.0 Å². The van der Waals surface area contributed by atoms with Crippen molar-refractivity contribution in [3.63, 3.8) is 0 Å². The zero-order valence-electron chi connectivity index (χ0n) is 8.85. The van der Waals surface area contributed by atoms with Crippen LogP contribution in [-0.2, 0) is 19.9 Å². The summed E-state index contributed by atoms with van der Waals surface area (Å²) in [6.07, 6.45) is 0.440. The molecule has 0 aliphatic carbocycles. The summed E-state index contributed by atoms with van der Waals surface area (Å²) in [5.74, 6) is -0.0248. The Labute approximate surface area is 95.8 Å². The summed E-state index contributed by atoms with van der Waals surface area (Å²) in [4.78, 5) is 0. The van der Waals surface area contributed by atoms with Crippen molar-refractivity contribution < 1.29 is 16.8 Å². The highest BCUT2D eigenvalue weighted by Gasteiger charge is 2.34. The van der Waals surface area contributed by atoms with Crippen molar-refractivity contribution in [1.82, 2.24) is 10.0 Å². The smallest absolute Gasteiger partial charge is 0.214 e. The molecule has 0 aromatic rings. The third-order valence-electron chi connectivity index (χ3n) is 3.05. The molecule has 8 heteroatoms. The summed E-state index contributed by atoms with van der Waals surface area (Å²) >= 11 is 0. The Morgan fingerprint density at radius 2 is 1.69 bits per heavy atom. The van der Waals surface area contributed by atoms with Crippen molar-refractivity contribution in [3.8, 4) is 0 Å². The summed E-state index contributed by atoms with van der Waals surface area (Å²) in [6, 6.07) is -0.0245. The molecule has 2 heterocycles. The molecule has 2 N–H and O–H groups in total. The molecule has 0 aromatic heterocycles. The van der Waals surface area contributed by atoms with Gasteiger partial charge >= 0.3 is 0 Å². The van der Waals surface area contributed by atoms with Gasteiger partial charge in [0.15, 0.2) is 0 Å². The lowest BCUT2D eigenvalue weighted by Gasteiger charge is -2.30. The topological polar surface area (TPSA) is 92.3 Å². The average Bonchev–Trinajstić information content (AvgIpc) is 2.11. The maximum absolute atomic E-state index is 11.9. The second kappa shape index (κ2) is 4.25. The van der Waals surface area contributed by atoms with Crippen molar-refractivity contribution >= 4 is 19.9 Å². The van der Waals surface area contributed by atoms with Crippen LogP contribution >= 0.6 is 0 Å². The van der Waals surface area contributed by atoms with Crippen LogP contribution in [0.1, 0.15) is 12.8 Å². The molecule has 0 amide bonds. The Kier molecular flexibility index (Phi) is 3.26. The van der Waals surface area contributed by atoms with E-state index >= 15 is 0 Å². The normalized spacial score (nSPS) is 27.5. The Morgan fingerprint density at radius 3 is 2.12 bits per heavy atom. The monoisotopic (exact) mass is 268 g/mol. The van der Waals surface area contributed by atoms with Crippen molar-refractivity contribution in [2.45, 2.75) is 24.1 Å². The third kappa shape index (κ3) is 2.73. The molecule has 16 heavy (non-hydrogen) atoms. The summed E-state index contributed by atoms with van der Waals surface area (Å²) in [7, 11) is -6.35. The minimum atomic E-state index is -3.35. The zero-order chi connectivity index (χ0) is 11.8. The molecule has 2 rings (SSSR count). The lowest BCUT2D eigenvalue weighted by molar-refractivity contribution is 0.407.